The summed E-state index contributed by atoms with van der Waals surface area (Å²) in [4.78, 5) is 25.0. The van der Waals surface area contributed by atoms with Crippen molar-refractivity contribution in [1.82, 2.24) is 20.3 Å². The lowest BCUT2D eigenvalue weighted by molar-refractivity contribution is 0.171. The molecule has 4 rings (SSSR count). The average Bonchev–Trinajstić information content (AvgIpc) is 2.75. The number of rotatable bonds is 5. The molecule has 0 aliphatic carbocycles. The summed E-state index contributed by atoms with van der Waals surface area (Å²) in [6.07, 6.45) is 0.621. The molecule has 9 nitrogen and oxygen atoms in total. The molecule has 29 heavy (non-hydrogen) atoms. The van der Waals surface area contributed by atoms with Crippen LogP contribution in [-0.4, -0.2) is 40.3 Å². The first kappa shape index (κ1) is 18.7. The van der Waals surface area contributed by atoms with Gasteiger partial charge in [0.1, 0.15) is 18.7 Å². The fraction of sp³-hybridized carbons (Fsp3) is 0.300. The highest BCUT2D eigenvalue weighted by atomic mass is 16.6. The number of aromatic nitrogens is 3. The Morgan fingerprint density at radius 2 is 1.97 bits per heavy atom. The fourth-order valence-electron chi connectivity index (χ4n) is 3.10. The van der Waals surface area contributed by atoms with Crippen LogP contribution in [0.15, 0.2) is 47.3 Å². The number of nitrogens with zero attached hydrogens (tertiary/aromatic N) is 3. The Morgan fingerprint density at radius 1 is 1.17 bits per heavy atom. The molecule has 150 valence electrons. The zero-order chi connectivity index (χ0) is 20.2. The Bertz CT molecular complexity index is 1100. The molecular formula is C20H21N5O4. The van der Waals surface area contributed by atoms with Gasteiger partial charge in [0.2, 0.25) is 0 Å². The van der Waals surface area contributed by atoms with E-state index in [1.807, 2.05) is 6.92 Å². The lowest BCUT2D eigenvalue weighted by atomic mass is 10.2. The van der Waals surface area contributed by atoms with Crippen LogP contribution in [0.1, 0.15) is 13.3 Å². The highest BCUT2D eigenvalue weighted by molar-refractivity contribution is 5.89. The fourth-order valence-corrected chi connectivity index (χ4v) is 3.10. The zero-order valence-corrected chi connectivity index (χ0v) is 15.9. The van der Waals surface area contributed by atoms with Crippen molar-refractivity contribution in [3.05, 3.63) is 52.8 Å². The van der Waals surface area contributed by atoms with Gasteiger partial charge >= 0.3 is 6.03 Å². The number of benzene rings is 2. The highest BCUT2D eigenvalue weighted by Crippen LogP contribution is 2.32. The van der Waals surface area contributed by atoms with E-state index in [2.05, 4.69) is 20.9 Å². The Balaban J connectivity index is 1.43. The predicted molar refractivity (Wildman–Crippen MR) is 107 cm³/mol. The highest BCUT2D eigenvalue weighted by Gasteiger charge is 2.16. The average molecular weight is 395 g/mol. The second-order valence-corrected chi connectivity index (χ2v) is 6.66. The van der Waals surface area contributed by atoms with Gasteiger partial charge in [0, 0.05) is 11.8 Å². The van der Waals surface area contributed by atoms with Crippen molar-refractivity contribution in [2.24, 2.45) is 0 Å². The molecule has 0 saturated heterocycles. The number of hydrogen-bond donors (Lipinski definition) is 2. The topological polar surface area (TPSA) is 107 Å². The second kappa shape index (κ2) is 8.17. The number of amides is 2. The van der Waals surface area contributed by atoms with Gasteiger partial charge < -0.3 is 20.1 Å². The minimum Gasteiger partial charge on any atom is -0.486 e. The van der Waals surface area contributed by atoms with Gasteiger partial charge in [0.15, 0.2) is 11.5 Å². The third-order valence-corrected chi connectivity index (χ3v) is 4.65. The van der Waals surface area contributed by atoms with Crippen LogP contribution in [0, 0.1) is 0 Å². The normalized spacial score (nSPS) is 13.7. The Labute approximate surface area is 166 Å². The molecular weight excluding hydrogens is 374 g/mol. The summed E-state index contributed by atoms with van der Waals surface area (Å²) in [5.41, 5.74) is 0.901. The summed E-state index contributed by atoms with van der Waals surface area (Å²) >= 11 is 0. The summed E-state index contributed by atoms with van der Waals surface area (Å²) in [6.45, 7) is 3.13. The standard InChI is InChI=1S/C20H21N5O4/c1-2-13(12-25-19(26)15-5-3-4-6-16(15)23-24-25)21-20(27)22-14-7-8-17-18(11-14)29-10-9-28-17/h3-8,11,13H,2,9-10,12H2,1H3,(H2,21,22,27). The van der Waals surface area contributed by atoms with Crippen molar-refractivity contribution in [1.29, 1.82) is 0 Å². The molecule has 0 fully saturated rings. The number of nitrogens with one attached hydrogen (secondary N) is 2. The van der Waals surface area contributed by atoms with E-state index in [0.717, 1.165) is 0 Å². The maximum absolute atomic E-state index is 12.6. The number of urea groups is 1. The van der Waals surface area contributed by atoms with Crippen LogP contribution in [0.4, 0.5) is 10.5 Å². The monoisotopic (exact) mass is 395 g/mol. The molecule has 9 heteroatoms. The van der Waals surface area contributed by atoms with Crippen molar-refractivity contribution in [3.63, 3.8) is 0 Å². The van der Waals surface area contributed by atoms with Gasteiger partial charge in [-0.1, -0.05) is 24.3 Å². The summed E-state index contributed by atoms with van der Waals surface area (Å²) < 4.78 is 12.3. The van der Waals surface area contributed by atoms with E-state index < -0.39 is 0 Å². The zero-order valence-electron chi connectivity index (χ0n) is 15.9. The molecule has 1 unspecified atom stereocenters. The van der Waals surface area contributed by atoms with Crippen LogP contribution in [0.5, 0.6) is 11.5 Å². The van der Waals surface area contributed by atoms with E-state index in [-0.39, 0.29) is 24.2 Å². The predicted octanol–water partition coefficient (Wildman–Crippen LogP) is 2.16. The van der Waals surface area contributed by atoms with Crippen molar-refractivity contribution in [3.8, 4) is 11.5 Å². The second-order valence-electron chi connectivity index (χ2n) is 6.66. The molecule has 1 aromatic heterocycles. The lowest BCUT2D eigenvalue weighted by Gasteiger charge is -2.20. The largest absolute Gasteiger partial charge is 0.486 e. The molecule has 1 aliphatic heterocycles. The first-order chi connectivity index (χ1) is 14.1. The van der Waals surface area contributed by atoms with Crippen LogP contribution in [0.3, 0.4) is 0 Å². The maximum atomic E-state index is 12.6. The van der Waals surface area contributed by atoms with Crippen molar-refractivity contribution in [2.45, 2.75) is 25.9 Å². The maximum Gasteiger partial charge on any atom is 0.319 e. The van der Waals surface area contributed by atoms with Gasteiger partial charge in [-0.05, 0) is 30.7 Å². The minimum absolute atomic E-state index is 0.224. The van der Waals surface area contributed by atoms with E-state index in [9.17, 15) is 9.59 Å². The third kappa shape index (κ3) is 4.13. The summed E-state index contributed by atoms with van der Waals surface area (Å²) in [5, 5.41) is 14.2. The minimum atomic E-state index is -0.379. The van der Waals surface area contributed by atoms with Crippen LogP contribution >= 0.6 is 0 Å². The van der Waals surface area contributed by atoms with Gasteiger partial charge in [-0.25, -0.2) is 9.48 Å². The van der Waals surface area contributed by atoms with Crippen molar-refractivity contribution < 1.29 is 14.3 Å². The van der Waals surface area contributed by atoms with E-state index in [4.69, 9.17) is 9.47 Å². The van der Waals surface area contributed by atoms with Gasteiger partial charge in [0.05, 0.1) is 18.0 Å². The van der Waals surface area contributed by atoms with Gasteiger partial charge in [-0.2, -0.15) is 0 Å². The smallest absolute Gasteiger partial charge is 0.319 e. The number of hydrogen-bond acceptors (Lipinski definition) is 6. The molecule has 1 aliphatic rings. The van der Waals surface area contributed by atoms with E-state index in [0.29, 0.717) is 47.7 Å². The van der Waals surface area contributed by atoms with Crippen LogP contribution in [0.25, 0.3) is 10.9 Å². The van der Waals surface area contributed by atoms with Crippen molar-refractivity contribution in [2.75, 3.05) is 18.5 Å². The lowest BCUT2D eigenvalue weighted by Crippen LogP contribution is -2.42. The number of fused-ring (bicyclic) bond motifs is 2. The summed E-state index contributed by atoms with van der Waals surface area (Å²) in [6, 6.07) is 11.6. The Kier molecular flexibility index (Phi) is 5.28. The van der Waals surface area contributed by atoms with Crippen molar-refractivity contribution >= 4 is 22.6 Å². The summed E-state index contributed by atoms with van der Waals surface area (Å²) in [5.74, 6) is 1.25. The molecule has 2 amide bonds. The first-order valence-electron chi connectivity index (χ1n) is 9.43. The Morgan fingerprint density at radius 3 is 2.79 bits per heavy atom. The molecule has 0 spiro atoms. The first-order valence-corrected chi connectivity index (χ1v) is 9.43. The van der Waals surface area contributed by atoms with E-state index in [1.165, 1.54) is 4.68 Å². The number of anilines is 1. The van der Waals surface area contributed by atoms with Crippen LogP contribution in [-0.2, 0) is 6.54 Å². The molecule has 3 aromatic rings. The van der Waals surface area contributed by atoms with Crippen LogP contribution in [0.2, 0.25) is 0 Å². The molecule has 0 saturated carbocycles. The third-order valence-electron chi connectivity index (χ3n) is 4.65. The SMILES string of the molecule is CCC(Cn1nnc2ccccc2c1=O)NC(=O)Nc1ccc2c(c1)OCCO2. The quantitative estimate of drug-likeness (QED) is 0.686. The van der Waals surface area contributed by atoms with Gasteiger partial charge in [-0.3, -0.25) is 4.79 Å². The molecule has 0 bridgehead atoms. The number of ether oxygens (including phenoxy) is 2. The molecule has 2 heterocycles. The van der Waals surface area contributed by atoms with E-state index >= 15 is 0 Å². The molecule has 1 atom stereocenters. The molecule has 2 N–H and O–H groups in total. The number of carbonyl (C=O) groups excluding carboxylic acids is 1. The molecule has 0 radical (unpaired) electrons. The molecule has 2 aromatic carbocycles. The van der Waals surface area contributed by atoms with E-state index in [1.54, 1.807) is 42.5 Å². The van der Waals surface area contributed by atoms with Gasteiger partial charge in [0.25, 0.3) is 5.56 Å². The van der Waals surface area contributed by atoms with Crippen LogP contribution < -0.4 is 25.7 Å². The van der Waals surface area contributed by atoms with Gasteiger partial charge in [-0.15, -0.1) is 5.10 Å². The summed E-state index contributed by atoms with van der Waals surface area (Å²) in [7, 11) is 0. The Hall–Kier alpha value is -3.62. The number of carbonyl (C=O) groups is 1.